The number of H-pyrrole nitrogens is 1. The van der Waals surface area contributed by atoms with E-state index in [-0.39, 0.29) is 11.8 Å². The van der Waals surface area contributed by atoms with Gasteiger partial charge in [0.25, 0.3) is 0 Å². The molecule has 17 heavy (non-hydrogen) atoms. The van der Waals surface area contributed by atoms with Crippen molar-refractivity contribution >= 4 is 10.0 Å². The normalized spacial score (nSPS) is 21.9. The van der Waals surface area contributed by atoms with Crippen LogP contribution in [0.25, 0.3) is 0 Å². The van der Waals surface area contributed by atoms with E-state index in [1.807, 2.05) is 0 Å². The van der Waals surface area contributed by atoms with Crippen LogP contribution in [0.2, 0.25) is 0 Å². The maximum Gasteiger partial charge on any atom is 0.218 e. The van der Waals surface area contributed by atoms with Gasteiger partial charge in [-0.05, 0) is 19.4 Å². The van der Waals surface area contributed by atoms with Crippen LogP contribution in [-0.2, 0) is 16.6 Å². The smallest absolute Gasteiger partial charge is 0.218 e. The Hall–Kier alpha value is -0.990. The Morgan fingerprint density at radius 3 is 3.00 bits per heavy atom. The van der Waals surface area contributed by atoms with Crippen LogP contribution < -0.4 is 5.32 Å². The largest absolute Gasteiger partial charge is 0.315 e. The maximum atomic E-state index is 12.2. The highest BCUT2D eigenvalue weighted by Crippen LogP contribution is 2.16. The molecule has 0 aliphatic carbocycles. The van der Waals surface area contributed by atoms with Gasteiger partial charge in [-0.25, -0.2) is 13.4 Å². The topological polar surface area (TPSA) is 91.0 Å². The standard InChI is InChI=1S/C9H17N5O2S/c1-14(6-9-11-7-12-13-9)17(15,16)8-3-2-4-10-5-8/h7-8,10H,2-6H2,1H3,(H,11,12,13). The first-order valence-electron chi connectivity index (χ1n) is 5.61. The summed E-state index contributed by atoms with van der Waals surface area (Å²) in [6, 6.07) is 0. The van der Waals surface area contributed by atoms with E-state index in [0.29, 0.717) is 12.4 Å². The number of nitrogens with one attached hydrogen (secondary N) is 2. The van der Waals surface area contributed by atoms with Crippen LogP contribution in [0.5, 0.6) is 0 Å². The van der Waals surface area contributed by atoms with Crippen molar-refractivity contribution in [1.82, 2.24) is 24.8 Å². The van der Waals surface area contributed by atoms with Gasteiger partial charge >= 0.3 is 0 Å². The summed E-state index contributed by atoms with van der Waals surface area (Å²) in [6.45, 7) is 1.67. The van der Waals surface area contributed by atoms with Gasteiger partial charge in [-0.3, -0.25) is 5.10 Å². The van der Waals surface area contributed by atoms with E-state index in [1.54, 1.807) is 7.05 Å². The second kappa shape index (κ2) is 5.11. The van der Waals surface area contributed by atoms with Gasteiger partial charge in [-0.1, -0.05) is 0 Å². The third-order valence-corrected chi connectivity index (χ3v) is 5.19. The lowest BCUT2D eigenvalue weighted by Gasteiger charge is -2.27. The van der Waals surface area contributed by atoms with Gasteiger partial charge in [0, 0.05) is 13.6 Å². The Morgan fingerprint density at radius 2 is 2.41 bits per heavy atom. The van der Waals surface area contributed by atoms with Crippen molar-refractivity contribution < 1.29 is 8.42 Å². The molecular weight excluding hydrogens is 242 g/mol. The van der Waals surface area contributed by atoms with Crippen molar-refractivity contribution in [2.45, 2.75) is 24.6 Å². The predicted octanol–water partition coefficient (Wildman–Crippen LogP) is -0.682. The van der Waals surface area contributed by atoms with Gasteiger partial charge < -0.3 is 5.32 Å². The third-order valence-electron chi connectivity index (χ3n) is 2.94. The highest BCUT2D eigenvalue weighted by Gasteiger charge is 2.31. The number of sulfonamides is 1. The first kappa shape index (κ1) is 12.5. The van der Waals surface area contributed by atoms with E-state index in [9.17, 15) is 8.42 Å². The Morgan fingerprint density at radius 1 is 1.59 bits per heavy atom. The van der Waals surface area contributed by atoms with Crippen molar-refractivity contribution in [3.05, 3.63) is 12.2 Å². The van der Waals surface area contributed by atoms with Crippen LogP contribution in [0.1, 0.15) is 18.7 Å². The lowest BCUT2D eigenvalue weighted by Crippen LogP contribution is -2.44. The van der Waals surface area contributed by atoms with Gasteiger partial charge in [0.05, 0.1) is 11.8 Å². The first-order chi connectivity index (χ1) is 8.10. The summed E-state index contributed by atoms with van der Waals surface area (Å²) >= 11 is 0. The lowest BCUT2D eigenvalue weighted by atomic mass is 10.2. The molecule has 1 saturated heterocycles. The van der Waals surface area contributed by atoms with Crippen LogP contribution in [0, 0.1) is 0 Å². The van der Waals surface area contributed by atoms with Gasteiger partial charge in [0.15, 0.2) is 0 Å². The van der Waals surface area contributed by atoms with E-state index >= 15 is 0 Å². The number of hydrogen-bond acceptors (Lipinski definition) is 5. The molecule has 2 N–H and O–H groups in total. The summed E-state index contributed by atoms with van der Waals surface area (Å²) in [4.78, 5) is 3.93. The molecule has 0 spiro atoms. The zero-order valence-corrected chi connectivity index (χ0v) is 10.6. The van der Waals surface area contributed by atoms with Gasteiger partial charge in [0.2, 0.25) is 10.0 Å². The molecule has 7 nitrogen and oxygen atoms in total. The van der Waals surface area contributed by atoms with Crippen LogP contribution in [0.4, 0.5) is 0 Å². The van der Waals surface area contributed by atoms with Gasteiger partial charge in [-0.15, -0.1) is 0 Å². The molecule has 1 atom stereocenters. The van der Waals surface area contributed by atoms with E-state index in [0.717, 1.165) is 19.4 Å². The Labute approximate surface area is 101 Å². The highest BCUT2D eigenvalue weighted by molar-refractivity contribution is 7.89. The third kappa shape index (κ3) is 2.82. The molecule has 1 unspecified atom stereocenters. The minimum absolute atomic E-state index is 0.235. The van der Waals surface area contributed by atoms with Crippen LogP contribution >= 0.6 is 0 Å². The molecule has 96 valence electrons. The summed E-state index contributed by atoms with van der Waals surface area (Å²) in [5.41, 5.74) is 0. The Bertz CT molecular complexity index is 438. The average Bonchev–Trinajstić information content (AvgIpc) is 2.83. The molecule has 1 fully saturated rings. The quantitative estimate of drug-likeness (QED) is 0.747. The van der Waals surface area contributed by atoms with Gasteiger partial charge in [-0.2, -0.15) is 9.40 Å². The van der Waals surface area contributed by atoms with Crippen molar-refractivity contribution in [3.8, 4) is 0 Å². The summed E-state index contributed by atoms with van der Waals surface area (Å²) in [5.74, 6) is 0.555. The molecule has 0 saturated carbocycles. The number of piperidine rings is 1. The zero-order valence-electron chi connectivity index (χ0n) is 9.76. The predicted molar refractivity (Wildman–Crippen MR) is 62.7 cm³/mol. The van der Waals surface area contributed by atoms with Crippen molar-refractivity contribution in [2.75, 3.05) is 20.1 Å². The van der Waals surface area contributed by atoms with Crippen molar-refractivity contribution in [2.24, 2.45) is 0 Å². The molecule has 1 aromatic heterocycles. The molecule has 1 aliphatic rings. The summed E-state index contributed by atoms with van der Waals surface area (Å²) in [5, 5.41) is 9.14. The molecule has 0 aromatic carbocycles. The first-order valence-corrected chi connectivity index (χ1v) is 7.11. The Kier molecular flexibility index (Phi) is 3.75. The number of hydrogen-bond donors (Lipinski definition) is 2. The van der Waals surface area contributed by atoms with Crippen LogP contribution in [0.3, 0.4) is 0 Å². The fraction of sp³-hybridized carbons (Fsp3) is 0.778. The summed E-state index contributed by atoms with van der Waals surface area (Å²) < 4.78 is 25.8. The lowest BCUT2D eigenvalue weighted by molar-refractivity contribution is 0.423. The maximum absolute atomic E-state index is 12.2. The van der Waals surface area contributed by atoms with E-state index in [2.05, 4.69) is 20.5 Å². The van der Waals surface area contributed by atoms with Crippen molar-refractivity contribution in [1.29, 1.82) is 0 Å². The molecule has 0 amide bonds. The molecular formula is C9H17N5O2S. The zero-order chi connectivity index (χ0) is 12.3. The number of aromatic amines is 1. The Balaban J connectivity index is 2.03. The summed E-state index contributed by atoms with van der Waals surface area (Å²) in [7, 11) is -1.68. The highest BCUT2D eigenvalue weighted by atomic mass is 32.2. The molecule has 0 bridgehead atoms. The summed E-state index contributed by atoms with van der Waals surface area (Å²) in [6.07, 6.45) is 2.99. The van der Waals surface area contributed by atoms with Crippen molar-refractivity contribution in [3.63, 3.8) is 0 Å². The number of aromatic nitrogens is 3. The van der Waals surface area contributed by atoms with E-state index in [1.165, 1.54) is 10.6 Å². The molecule has 1 aromatic rings. The number of rotatable bonds is 4. The molecule has 2 rings (SSSR count). The second-order valence-corrected chi connectivity index (χ2v) is 6.52. The molecule has 2 heterocycles. The van der Waals surface area contributed by atoms with Crippen LogP contribution in [0.15, 0.2) is 6.33 Å². The van der Waals surface area contributed by atoms with Crippen LogP contribution in [-0.4, -0.2) is 53.3 Å². The van der Waals surface area contributed by atoms with E-state index < -0.39 is 10.0 Å². The minimum Gasteiger partial charge on any atom is -0.315 e. The fourth-order valence-electron chi connectivity index (χ4n) is 1.94. The average molecular weight is 259 g/mol. The minimum atomic E-state index is -3.26. The van der Waals surface area contributed by atoms with E-state index in [4.69, 9.17) is 0 Å². The molecule has 8 heteroatoms. The molecule has 1 aliphatic heterocycles. The monoisotopic (exact) mass is 259 g/mol. The second-order valence-electron chi connectivity index (χ2n) is 4.20. The number of nitrogens with zero attached hydrogens (tertiary/aromatic N) is 3. The molecule has 0 radical (unpaired) electrons. The fourth-order valence-corrected chi connectivity index (χ4v) is 3.54. The van der Waals surface area contributed by atoms with Gasteiger partial charge in [0.1, 0.15) is 12.2 Å². The SMILES string of the molecule is CN(Cc1ncn[nH]1)S(=O)(=O)C1CCCNC1.